The average Bonchev–Trinajstić information content (AvgIpc) is 3.74. The van der Waals surface area contributed by atoms with Gasteiger partial charge in [-0.2, -0.15) is 0 Å². The molecule has 0 aliphatic heterocycles. The molecule has 5 nitrogen and oxygen atoms in total. The van der Waals surface area contributed by atoms with Gasteiger partial charge in [-0.05, 0) is 35.1 Å². The first kappa shape index (κ1) is 36.6. The Morgan fingerprint density at radius 2 is 1.57 bits per heavy atom. The van der Waals surface area contributed by atoms with Crippen LogP contribution in [0.3, 0.4) is 0 Å². The van der Waals surface area contributed by atoms with Crippen molar-refractivity contribution in [3.63, 3.8) is 0 Å². The Bertz CT molecular complexity index is 2620. The maximum atomic E-state index is 9.17. The number of hydrogen-bond acceptors (Lipinski definition) is 4. The van der Waals surface area contributed by atoms with E-state index in [-0.39, 0.29) is 26.1 Å². The first-order valence-corrected chi connectivity index (χ1v) is 25.1. The van der Waals surface area contributed by atoms with Crippen LogP contribution in [0, 0.1) is 23.5 Å². The summed E-state index contributed by atoms with van der Waals surface area (Å²) in [4.78, 5) is 9.53. The molecular formula is C46H42GeIrN4O-2. The monoisotopic (exact) mass is 934 g/mol. The number of benzene rings is 5. The maximum absolute atomic E-state index is 9.17. The van der Waals surface area contributed by atoms with Crippen LogP contribution in [0.4, 0.5) is 0 Å². The Balaban J connectivity index is 0.000000181. The van der Waals surface area contributed by atoms with Gasteiger partial charge in [-0.1, -0.05) is 58.0 Å². The van der Waals surface area contributed by atoms with E-state index in [1.54, 1.807) is 6.07 Å². The predicted molar refractivity (Wildman–Crippen MR) is 217 cm³/mol. The van der Waals surface area contributed by atoms with Gasteiger partial charge >= 0.3 is 150 Å². The van der Waals surface area contributed by atoms with Crippen LogP contribution in [-0.4, -0.2) is 27.8 Å². The number of rotatable bonds is 6. The van der Waals surface area contributed by atoms with Crippen molar-refractivity contribution in [3.8, 4) is 34.4 Å². The van der Waals surface area contributed by atoms with Crippen molar-refractivity contribution in [1.82, 2.24) is 14.5 Å². The van der Waals surface area contributed by atoms with Crippen LogP contribution in [0.25, 0.3) is 61.3 Å². The number of nitriles is 1. The Hall–Kier alpha value is -4.80. The van der Waals surface area contributed by atoms with Crippen LogP contribution in [0.1, 0.15) is 57.6 Å². The molecule has 1 radical (unpaired) electrons. The van der Waals surface area contributed by atoms with Gasteiger partial charge in [0, 0.05) is 25.8 Å². The third-order valence-corrected chi connectivity index (χ3v) is 13.7. The molecule has 3 heterocycles. The SMILES string of the molecule is CC(C)c1cccc(C(C)C)c1-n1c(-c2[c-]cccc2)nc2ccccc21.[2H]c1c(C#N)ccc2c1oc1c(-c3c[c]([Ge]([CH3])([CH3])[CH3])ccn3)[c-]ccc12.[Ir]. The van der Waals surface area contributed by atoms with Crippen LogP contribution >= 0.6 is 0 Å². The van der Waals surface area contributed by atoms with Crippen molar-refractivity contribution in [1.29, 1.82) is 5.26 Å². The van der Waals surface area contributed by atoms with Crippen molar-refractivity contribution in [2.45, 2.75) is 56.8 Å². The molecule has 0 spiro atoms. The zero-order valence-electron chi connectivity index (χ0n) is 32.1. The van der Waals surface area contributed by atoms with E-state index in [9.17, 15) is 0 Å². The zero-order valence-corrected chi connectivity index (χ0v) is 35.6. The Kier molecular flexibility index (Phi) is 10.8. The van der Waals surface area contributed by atoms with Gasteiger partial charge < -0.3 is 4.57 Å². The second kappa shape index (κ2) is 15.7. The van der Waals surface area contributed by atoms with Crippen LogP contribution in [-0.2, 0) is 20.1 Å². The summed E-state index contributed by atoms with van der Waals surface area (Å²) in [6, 6.07) is 43.5. The molecule has 0 N–H and O–H groups in total. The van der Waals surface area contributed by atoms with Crippen LogP contribution in [0.5, 0.6) is 0 Å². The second-order valence-corrected chi connectivity index (χ2v) is 25.4. The summed E-state index contributed by atoms with van der Waals surface area (Å²) in [5, 5.41) is 10.9. The largest absolute Gasteiger partial charge is 0 e. The summed E-state index contributed by atoms with van der Waals surface area (Å²) in [7, 11) is 0. The Labute approximate surface area is 329 Å². The van der Waals surface area contributed by atoms with E-state index in [0.717, 1.165) is 44.5 Å². The molecule has 53 heavy (non-hydrogen) atoms. The molecule has 5 aromatic carbocycles. The van der Waals surface area contributed by atoms with E-state index >= 15 is 0 Å². The molecule has 0 unspecified atom stereocenters. The number of furan rings is 1. The molecule has 0 aliphatic rings. The van der Waals surface area contributed by atoms with E-state index in [0.29, 0.717) is 28.6 Å². The molecular weight excluding hydrogens is 889 g/mol. The average molecular weight is 933 g/mol. The summed E-state index contributed by atoms with van der Waals surface area (Å²) in [6.45, 7) is 9.04. The van der Waals surface area contributed by atoms with E-state index < -0.39 is 13.3 Å². The normalized spacial score (nSPS) is 11.7. The standard InChI is InChI=1S/C25H25N2.C21H17GeN2O.Ir/c1-17(2)20-13-10-14-21(18(3)4)24(20)27-23-16-9-8-15-22(23)26-25(27)19-11-6-5-7-12-19;1-22(2,3)15-9-10-24-19(12-15)18-6-4-5-17-16-8-7-14(13-23)11-20(16)25-21(17)18;/h5-11,13-18H,1-4H3;4-5,7-12H,1-3H3;/q2*-1;/i;11D;. The van der Waals surface area contributed by atoms with Crippen molar-refractivity contribution in [3.05, 3.63) is 144 Å². The Morgan fingerprint density at radius 3 is 2.25 bits per heavy atom. The number of fused-ring (bicyclic) bond motifs is 4. The van der Waals surface area contributed by atoms with Crippen molar-refractivity contribution in [2.24, 2.45) is 0 Å². The first-order valence-electron chi connectivity index (χ1n) is 18.3. The first-order chi connectivity index (χ1) is 25.5. The summed E-state index contributed by atoms with van der Waals surface area (Å²) in [6.07, 6.45) is 1.85. The van der Waals surface area contributed by atoms with Gasteiger partial charge in [-0.15, -0.1) is 35.9 Å². The number of imidazole rings is 1. The fourth-order valence-electron chi connectivity index (χ4n) is 6.70. The fourth-order valence-corrected chi connectivity index (χ4v) is 9.10. The molecule has 0 atom stereocenters. The number of pyridine rings is 1. The summed E-state index contributed by atoms with van der Waals surface area (Å²) >= 11 is -1.99. The van der Waals surface area contributed by atoms with Gasteiger partial charge in [0.1, 0.15) is 0 Å². The molecule has 3 aromatic heterocycles. The van der Waals surface area contributed by atoms with Crippen molar-refractivity contribution in [2.75, 3.05) is 0 Å². The maximum Gasteiger partial charge on any atom is 0 e. The molecule has 0 amide bonds. The number of nitrogens with zero attached hydrogens (tertiary/aromatic N) is 4. The van der Waals surface area contributed by atoms with Gasteiger partial charge in [0.2, 0.25) is 0 Å². The van der Waals surface area contributed by atoms with Gasteiger partial charge in [0.15, 0.2) is 0 Å². The summed E-state index contributed by atoms with van der Waals surface area (Å²) < 4.78 is 18.0. The number of aromatic nitrogens is 3. The predicted octanol–water partition coefficient (Wildman–Crippen LogP) is 11.6. The smallest absolute Gasteiger partial charge is 0 e. The third-order valence-electron chi connectivity index (χ3n) is 9.43. The molecule has 0 fully saturated rings. The minimum atomic E-state index is -1.99. The molecule has 0 aliphatic carbocycles. The minimum Gasteiger partial charge on any atom is 0 e. The summed E-state index contributed by atoms with van der Waals surface area (Å²) in [5.74, 6) is 8.84. The molecule has 0 bridgehead atoms. The van der Waals surface area contributed by atoms with E-state index in [4.69, 9.17) is 16.0 Å². The van der Waals surface area contributed by atoms with Gasteiger partial charge in [0.25, 0.3) is 0 Å². The third kappa shape index (κ3) is 7.53. The van der Waals surface area contributed by atoms with E-state index in [2.05, 4.69) is 127 Å². The number of para-hydroxylation sites is 3. The minimum absolute atomic E-state index is 0. The van der Waals surface area contributed by atoms with Gasteiger partial charge in [0.05, 0.1) is 16.9 Å². The molecule has 0 saturated carbocycles. The Morgan fingerprint density at radius 1 is 0.830 bits per heavy atom. The molecule has 267 valence electrons. The van der Waals surface area contributed by atoms with Crippen LogP contribution in [0.15, 0.2) is 120 Å². The van der Waals surface area contributed by atoms with Crippen molar-refractivity contribution < 1.29 is 25.9 Å². The quantitative estimate of drug-likeness (QED) is 0.123. The van der Waals surface area contributed by atoms with Crippen LogP contribution in [0.2, 0.25) is 17.3 Å². The van der Waals surface area contributed by atoms with E-state index in [1.165, 1.54) is 21.2 Å². The van der Waals surface area contributed by atoms with E-state index in [1.807, 2.05) is 48.7 Å². The van der Waals surface area contributed by atoms with Gasteiger partial charge in [-0.25, -0.2) is 0 Å². The second-order valence-electron chi connectivity index (χ2n) is 14.7. The molecule has 7 heteroatoms. The van der Waals surface area contributed by atoms with Crippen LogP contribution < -0.4 is 4.40 Å². The fraction of sp³-hybridized carbons (Fsp3) is 0.196. The number of hydrogen-bond donors (Lipinski definition) is 0. The topological polar surface area (TPSA) is 67.6 Å². The molecule has 8 aromatic rings. The van der Waals surface area contributed by atoms with Gasteiger partial charge in [-0.3, -0.25) is 4.98 Å². The zero-order chi connectivity index (χ0) is 37.4. The molecule has 8 rings (SSSR count). The summed E-state index contributed by atoms with van der Waals surface area (Å²) in [5.41, 5.74) is 10.2. The van der Waals surface area contributed by atoms with Crippen molar-refractivity contribution >= 4 is 50.6 Å². The molecule has 0 saturated heterocycles.